The number of nitrogens with zero attached hydrogens (tertiary/aromatic N) is 2. The summed E-state index contributed by atoms with van der Waals surface area (Å²) >= 11 is 6.42. The Morgan fingerprint density at radius 3 is 2.42 bits per heavy atom. The summed E-state index contributed by atoms with van der Waals surface area (Å²) in [5, 5.41) is 1.58. The maximum atomic E-state index is 13.0. The Bertz CT molecular complexity index is 1000. The number of fused-ring (bicyclic) bond motifs is 1. The van der Waals surface area contributed by atoms with Crippen LogP contribution in [0.4, 0.5) is 0 Å². The fraction of sp³-hybridized carbons (Fsp3) is 0.583. The predicted molar refractivity (Wildman–Crippen MR) is 121 cm³/mol. The van der Waals surface area contributed by atoms with Gasteiger partial charge in [-0.3, -0.25) is 9.69 Å². The molecule has 2 fully saturated rings. The molecular formula is C24H31ClN2O4. The highest BCUT2D eigenvalue weighted by Gasteiger charge is 2.32. The highest BCUT2D eigenvalue weighted by atomic mass is 35.5. The number of hydrogen-bond acceptors (Lipinski definition) is 5. The Morgan fingerprint density at radius 2 is 1.77 bits per heavy atom. The van der Waals surface area contributed by atoms with Crippen molar-refractivity contribution in [3.05, 3.63) is 44.8 Å². The Kier molecular flexibility index (Phi) is 6.70. The smallest absolute Gasteiger partial charge is 0.336 e. The van der Waals surface area contributed by atoms with Crippen LogP contribution < -0.4 is 5.63 Å². The molecule has 0 bridgehead atoms. The fourth-order valence-electron chi connectivity index (χ4n) is 4.89. The quantitative estimate of drug-likeness (QED) is 0.667. The van der Waals surface area contributed by atoms with Crippen molar-refractivity contribution >= 4 is 28.5 Å². The topological polar surface area (TPSA) is 63.0 Å². The Balaban J connectivity index is 1.43. The minimum Gasteiger partial charge on any atom is -0.423 e. The van der Waals surface area contributed by atoms with Crippen molar-refractivity contribution in [3.63, 3.8) is 0 Å². The summed E-state index contributed by atoms with van der Waals surface area (Å²) in [4.78, 5) is 29.4. The first-order valence-electron chi connectivity index (χ1n) is 11.3. The van der Waals surface area contributed by atoms with Crippen LogP contribution in [0.15, 0.2) is 27.4 Å². The molecule has 31 heavy (non-hydrogen) atoms. The number of halogens is 1. The van der Waals surface area contributed by atoms with E-state index in [4.69, 9.17) is 20.8 Å². The van der Waals surface area contributed by atoms with Crippen molar-refractivity contribution in [2.24, 2.45) is 5.92 Å². The molecule has 0 saturated carbocycles. The highest BCUT2D eigenvalue weighted by molar-refractivity contribution is 6.32. The monoisotopic (exact) mass is 446 g/mol. The van der Waals surface area contributed by atoms with E-state index in [1.807, 2.05) is 37.8 Å². The lowest BCUT2D eigenvalue weighted by Gasteiger charge is -2.39. The molecule has 6 nitrogen and oxygen atoms in total. The summed E-state index contributed by atoms with van der Waals surface area (Å²) < 4.78 is 11.2. The number of aryl methyl sites for hydroxylation is 1. The number of rotatable bonds is 4. The lowest BCUT2D eigenvalue weighted by atomic mass is 9.94. The number of hydrogen-bond donors (Lipinski definition) is 0. The molecule has 2 saturated heterocycles. The zero-order valence-corrected chi connectivity index (χ0v) is 19.3. The first kappa shape index (κ1) is 22.3. The molecule has 4 rings (SSSR count). The van der Waals surface area contributed by atoms with E-state index in [-0.39, 0.29) is 29.7 Å². The van der Waals surface area contributed by atoms with Gasteiger partial charge in [-0.15, -0.1) is 0 Å². The van der Waals surface area contributed by atoms with E-state index in [2.05, 4.69) is 4.90 Å². The molecule has 0 spiro atoms. The van der Waals surface area contributed by atoms with Crippen LogP contribution in [0.3, 0.4) is 0 Å². The Labute approximate surface area is 188 Å². The maximum Gasteiger partial charge on any atom is 0.336 e. The zero-order valence-electron chi connectivity index (χ0n) is 18.5. The Morgan fingerprint density at radius 1 is 1.10 bits per heavy atom. The van der Waals surface area contributed by atoms with Crippen LogP contribution in [0.2, 0.25) is 5.02 Å². The van der Waals surface area contributed by atoms with Gasteiger partial charge in [0.1, 0.15) is 5.58 Å². The van der Waals surface area contributed by atoms with Gasteiger partial charge < -0.3 is 14.1 Å². The Hall–Kier alpha value is -1.89. The van der Waals surface area contributed by atoms with Crippen molar-refractivity contribution in [1.29, 1.82) is 0 Å². The van der Waals surface area contributed by atoms with Crippen LogP contribution >= 0.6 is 11.6 Å². The maximum absolute atomic E-state index is 13.0. The number of ether oxygens (including phenoxy) is 1. The normalized spacial score (nSPS) is 23.4. The van der Waals surface area contributed by atoms with E-state index in [1.54, 1.807) is 6.07 Å². The van der Waals surface area contributed by atoms with E-state index in [0.717, 1.165) is 48.9 Å². The molecule has 168 valence electrons. The molecule has 2 unspecified atom stereocenters. The van der Waals surface area contributed by atoms with Crippen LogP contribution in [-0.2, 0) is 22.5 Å². The third-order valence-electron chi connectivity index (χ3n) is 6.44. The van der Waals surface area contributed by atoms with E-state index < -0.39 is 0 Å². The number of carbonyl (C=O) groups excluding carboxylic acids is 1. The van der Waals surface area contributed by atoms with Gasteiger partial charge in [-0.25, -0.2) is 4.79 Å². The number of likely N-dealkylation sites (tertiary alicyclic amines) is 1. The first-order chi connectivity index (χ1) is 14.8. The average Bonchev–Trinajstić information content (AvgIpc) is 2.73. The number of amides is 1. The van der Waals surface area contributed by atoms with E-state index in [0.29, 0.717) is 30.2 Å². The van der Waals surface area contributed by atoms with Gasteiger partial charge in [-0.2, -0.15) is 0 Å². The molecule has 0 N–H and O–H groups in total. The minimum absolute atomic E-state index is 0.0629. The summed E-state index contributed by atoms with van der Waals surface area (Å²) in [6.07, 6.45) is 2.63. The molecular weight excluding hydrogens is 416 g/mol. The van der Waals surface area contributed by atoms with E-state index >= 15 is 0 Å². The summed E-state index contributed by atoms with van der Waals surface area (Å²) in [5.74, 6) is 0.319. The van der Waals surface area contributed by atoms with Crippen molar-refractivity contribution in [2.75, 3.05) is 26.2 Å². The van der Waals surface area contributed by atoms with Gasteiger partial charge in [0.25, 0.3) is 0 Å². The summed E-state index contributed by atoms with van der Waals surface area (Å²) in [5.41, 5.74) is 2.15. The second kappa shape index (κ2) is 9.31. The second-order valence-electron chi connectivity index (χ2n) is 8.93. The number of morpholine rings is 1. The van der Waals surface area contributed by atoms with Crippen LogP contribution in [0.1, 0.15) is 44.7 Å². The molecule has 2 aliphatic heterocycles. The average molecular weight is 447 g/mol. The summed E-state index contributed by atoms with van der Waals surface area (Å²) in [6, 6.07) is 5.35. The third kappa shape index (κ3) is 4.97. The van der Waals surface area contributed by atoms with Crippen molar-refractivity contribution in [2.45, 2.75) is 58.8 Å². The lowest BCUT2D eigenvalue weighted by Crippen LogP contribution is -2.51. The van der Waals surface area contributed by atoms with Crippen LogP contribution in [0.5, 0.6) is 0 Å². The van der Waals surface area contributed by atoms with Crippen LogP contribution in [0.25, 0.3) is 11.0 Å². The van der Waals surface area contributed by atoms with Gasteiger partial charge in [0.2, 0.25) is 5.91 Å². The zero-order chi connectivity index (χ0) is 22.1. The van der Waals surface area contributed by atoms with Gasteiger partial charge >= 0.3 is 5.63 Å². The standard InChI is InChI=1S/C24H31ClN2O4/c1-4-17-9-22-20(11-21(17)25)19(10-23(28)31-22)14-26-7-5-18(6-8-26)24(29)27-12-15(2)30-16(3)13-27/h9-11,15-16,18H,4-8,12-14H2,1-3H3. The van der Waals surface area contributed by atoms with E-state index in [1.165, 1.54) is 0 Å². The molecule has 1 aromatic carbocycles. The molecule has 1 amide bonds. The molecule has 7 heteroatoms. The molecule has 2 aromatic rings. The predicted octanol–water partition coefficient (Wildman–Crippen LogP) is 3.86. The number of piperidine rings is 1. The molecule has 3 heterocycles. The van der Waals surface area contributed by atoms with Crippen molar-refractivity contribution < 1.29 is 13.9 Å². The molecule has 0 aliphatic carbocycles. The molecule has 2 atom stereocenters. The molecule has 0 radical (unpaired) electrons. The van der Waals surface area contributed by atoms with Gasteiger partial charge in [-0.05, 0) is 69.5 Å². The number of carbonyl (C=O) groups is 1. The fourth-order valence-corrected chi connectivity index (χ4v) is 5.18. The minimum atomic E-state index is -0.340. The third-order valence-corrected chi connectivity index (χ3v) is 6.79. The molecule has 1 aromatic heterocycles. The SMILES string of the molecule is CCc1cc2oc(=O)cc(CN3CCC(C(=O)N4CC(C)OC(C)C4)CC3)c2cc1Cl. The summed E-state index contributed by atoms with van der Waals surface area (Å²) in [6.45, 7) is 9.73. The number of benzene rings is 1. The van der Waals surface area contributed by atoms with Gasteiger partial charge in [-0.1, -0.05) is 18.5 Å². The first-order valence-corrected chi connectivity index (χ1v) is 11.6. The van der Waals surface area contributed by atoms with Gasteiger partial charge in [0, 0.05) is 42.0 Å². The molecule has 2 aliphatic rings. The largest absolute Gasteiger partial charge is 0.423 e. The lowest BCUT2D eigenvalue weighted by molar-refractivity contribution is -0.148. The van der Waals surface area contributed by atoms with E-state index in [9.17, 15) is 9.59 Å². The summed E-state index contributed by atoms with van der Waals surface area (Å²) in [7, 11) is 0. The van der Waals surface area contributed by atoms with Crippen molar-refractivity contribution in [3.8, 4) is 0 Å². The van der Waals surface area contributed by atoms with Crippen LogP contribution in [-0.4, -0.2) is 54.1 Å². The van der Waals surface area contributed by atoms with Gasteiger partial charge in [0.15, 0.2) is 0 Å². The van der Waals surface area contributed by atoms with Crippen LogP contribution in [0, 0.1) is 5.92 Å². The van der Waals surface area contributed by atoms with Gasteiger partial charge in [0.05, 0.1) is 12.2 Å². The second-order valence-corrected chi connectivity index (χ2v) is 9.34. The van der Waals surface area contributed by atoms with Crippen molar-refractivity contribution in [1.82, 2.24) is 9.80 Å². The highest BCUT2D eigenvalue weighted by Crippen LogP contribution is 2.28.